The number of nitrogens with zero attached hydrogens (tertiary/aromatic N) is 4. The standard InChI is InChI=1S/C18H23N5S/c1-22(2)16(17-7-5-9-24-17)12-20-11-15-13-23(3)21-18(15)14-6-4-8-19-10-14/h4-10,13,16,20H,11-12H2,1-3H3. The highest BCUT2D eigenvalue weighted by Crippen LogP contribution is 2.23. The molecule has 0 aliphatic carbocycles. The number of aryl methyl sites for hydroxylation is 1. The Kier molecular flexibility index (Phi) is 5.40. The summed E-state index contributed by atoms with van der Waals surface area (Å²) in [5.74, 6) is 0. The lowest BCUT2D eigenvalue weighted by Gasteiger charge is -2.23. The molecule has 5 nitrogen and oxygen atoms in total. The lowest BCUT2D eigenvalue weighted by molar-refractivity contribution is 0.292. The maximum absolute atomic E-state index is 4.59. The van der Waals surface area contributed by atoms with Gasteiger partial charge in [-0.1, -0.05) is 6.07 Å². The Bertz CT molecular complexity index is 749. The summed E-state index contributed by atoms with van der Waals surface area (Å²) in [6.07, 6.45) is 5.72. The summed E-state index contributed by atoms with van der Waals surface area (Å²) < 4.78 is 1.86. The maximum Gasteiger partial charge on any atom is 0.0983 e. The maximum atomic E-state index is 4.59. The minimum Gasteiger partial charge on any atom is -0.311 e. The summed E-state index contributed by atoms with van der Waals surface area (Å²) in [5.41, 5.74) is 3.24. The van der Waals surface area contributed by atoms with E-state index in [0.717, 1.165) is 24.3 Å². The van der Waals surface area contributed by atoms with Crippen LogP contribution in [-0.4, -0.2) is 40.3 Å². The van der Waals surface area contributed by atoms with Gasteiger partial charge in [-0.05, 0) is 37.7 Å². The highest BCUT2D eigenvalue weighted by molar-refractivity contribution is 7.10. The van der Waals surface area contributed by atoms with Crippen molar-refractivity contribution < 1.29 is 0 Å². The zero-order valence-corrected chi connectivity index (χ0v) is 15.1. The molecule has 0 fully saturated rings. The first-order chi connectivity index (χ1) is 11.6. The molecule has 3 aromatic heterocycles. The van der Waals surface area contributed by atoms with Crippen LogP contribution in [0.1, 0.15) is 16.5 Å². The quantitative estimate of drug-likeness (QED) is 0.718. The molecule has 3 heterocycles. The van der Waals surface area contributed by atoms with Crippen molar-refractivity contribution in [2.75, 3.05) is 20.6 Å². The van der Waals surface area contributed by atoms with Crippen molar-refractivity contribution in [2.24, 2.45) is 7.05 Å². The molecule has 0 aliphatic heterocycles. The van der Waals surface area contributed by atoms with E-state index in [4.69, 9.17) is 0 Å². The second-order valence-electron chi connectivity index (χ2n) is 6.04. The van der Waals surface area contributed by atoms with Gasteiger partial charge in [-0.15, -0.1) is 11.3 Å². The molecule has 6 heteroatoms. The summed E-state index contributed by atoms with van der Waals surface area (Å²) in [6, 6.07) is 8.68. The van der Waals surface area contributed by atoms with E-state index >= 15 is 0 Å². The Morgan fingerprint density at radius 2 is 2.17 bits per heavy atom. The van der Waals surface area contributed by atoms with Crippen LogP contribution in [0.2, 0.25) is 0 Å². The molecule has 24 heavy (non-hydrogen) atoms. The number of hydrogen-bond acceptors (Lipinski definition) is 5. The highest BCUT2D eigenvalue weighted by Gasteiger charge is 2.16. The fourth-order valence-electron chi connectivity index (χ4n) is 2.77. The molecule has 0 bridgehead atoms. The first-order valence-corrected chi connectivity index (χ1v) is 8.86. The molecular formula is C18H23N5S. The monoisotopic (exact) mass is 341 g/mol. The Hall–Kier alpha value is -2.02. The lowest BCUT2D eigenvalue weighted by atomic mass is 10.1. The van der Waals surface area contributed by atoms with E-state index in [-0.39, 0.29) is 0 Å². The molecule has 0 aromatic carbocycles. The van der Waals surface area contributed by atoms with Crippen LogP contribution in [0.5, 0.6) is 0 Å². The van der Waals surface area contributed by atoms with Crippen LogP contribution in [-0.2, 0) is 13.6 Å². The summed E-state index contributed by atoms with van der Waals surface area (Å²) in [6.45, 7) is 1.68. The van der Waals surface area contributed by atoms with Crippen LogP contribution in [0.3, 0.4) is 0 Å². The van der Waals surface area contributed by atoms with Crippen molar-refractivity contribution in [3.05, 3.63) is 58.7 Å². The number of nitrogens with one attached hydrogen (secondary N) is 1. The second-order valence-corrected chi connectivity index (χ2v) is 7.02. The number of pyridine rings is 1. The zero-order chi connectivity index (χ0) is 16.9. The van der Waals surface area contributed by atoms with Crippen molar-refractivity contribution in [2.45, 2.75) is 12.6 Å². The van der Waals surface area contributed by atoms with Gasteiger partial charge in [0, 0.05) is 54.7 Å². The van der Waals surface area contributed by atoms with Crippen LogP contribution in [0.15, 0.2) is 48.2 Å². The van der Waals surface area contributed by atoms with Crippen molar-refractivity contribution in [3.63, 3.8) is 0 Å². The molecule has 126 valence electrons. The molecule has 1 atom stereocenters. The van der Waals surface area contributed by atoms with Gasteiger partial charge in [0.2, 0.25) is 0 Å². The molecule has 0 saturated heterocycles. The van der Waals surface area contributed by atoms with E-state index in [9.17, 15) is 0 Å². The fourth-order valence-corrected chi connectivity index (χ4v) is 3.70. The third kappa shape index (κ3) is 3.90. The molecule has 0 spiro atoms. The zero-order valence-electron chi connectivity index (χ0n) is 14.3. The third-order valence-corrected chi connectivity index (χ3v) is 4.96. The van der Waals surface area contributed by atoms with Crippen molar-refractivity contribution >= 4 is 11.3 Å². The van der Waals surface area contributed by atoms with Gasteiger partial charge in [0.05, 0.1) is 11.7 Å². The van der Waals surface area contributed by atoms with Gasteiger partial charge in [-0.3, -0.25) is 9.67 Å². The third-order valence-electron chi connectivity index (χ3n) is 3.99. The number of thiophene rings is 1. The predicted octanol–water partition coefficient (Wildman–Crippen LogP) is 2.94. The molecule has 0 aliphatic rings. The molecule has 0 saturated carbocycles. The van der Waals surface area contributed by atoms with Crippen LogP contribution in [0, 0.1) is 0 Å². The molecular weight excluding hydrogens is 318 g/mol. The van der Waals surface area contributed by atoms with E-state index in [2.05, 4.69) is 58.1 Å². The van der Waals surface area contributed by atoms with Gasteiger partial charge in [-0.2, -0.15) is 5.10 Å². The smallest absolute Gasteiger partial charge is 0.0983 e. The number of hydrogen-bond donors (Lipinski definition) is 1. The minimum atomic E-state index is 0.378. The van der Waals surface area contributed by atoms with Gasteiger partial charge in [-0.25, -0.2) is 0 Å². The predicted molar refractivity (Wildman–Crippen MR) is 98.9 cm³/mol. The summed E-state index contributed by atoms with van der Waals surface area (Å²) >= 11 is 1.80. The van der Waals surface area contributed by atoms with Gasteiger partial charge < -0.3 is 10.2 Å². The van der Waals surface area contributed by atoms with E-state index in [1.165, 1.54) is 10.4 Å². The number of likely N-dealkylation sites (N-methyl/N-ethyl adjacent to an activating group) is 1. The minimum absolute atomic E-state index is 0.378. The Morgan fingerprint density at radius 1 is 1.29 bits per heavy atom. The number of rotatable bonds is 7. The molecule has 3 rings (SSSR count). The van der Waals surface area contributed by atoms with E-state index in [1.54, 1.807) is 17.5 Å². The van der Waals surface area contributed by atoms with Gasteiger partial charge >= 0.3 is 0 Å². The van der Waals surface area contributed by atoms with Crippen LogP contribution in [0.25, 0.3) is 11.3 Å². The Morgan fingerprint density at radius 3 is 2.83 bits per heavy atom. The average molecular weight is 341 g/mol. The molecule has 1 N–H and O–H groups in total. The Balaban J connectivity index is 1.69. The van der Waals surface area contributed by atoms with Crippen LogP contribution in [0.4, 0.5) is 0 Å². The molecule has 1 unspecified atom stereocenters. The first kappa shape index (κ1) is 16.8. The largest absolute Gasteiger partial charge is 0.311 e. The summed E-state index contributed by atoms with van der Waals surface area (Å²) in [7, 11) is 6.20. The van der Waals surface area contributed by atoms with Gasteiger partial charge in [0.15, 0.2) is 0 Å². The SMILES string of the molecule is CN(C)C(CNCc1cn(C)nc1-c1cccnc1)c1cccs1. The number of aromatic nitrogens is 3. The normalized spacial score (nSPS) is 12.7. The van der Waals surface area contributed by atoms with Gasteiger partial charge in [0.1, 0.15) is 0 Å². The topological polar surface area (TPSA) is 46.0 Å². The van der Waals surface area contributed by atoms with Gasteiger partial charge in [0.25, 0.3) is 0 Å². The first-order valence-electron chi connectivity index (χ1n) is 7.98. The fraction of sp³-hybridized carbons (Fsp3) is 0.333. The summed E-state index contributed by atoms with van der Waals surface area (Å²) in [5, 5.41) is 10.3. The molecule has 0 radical (unpaired) electrons. The highest BCUT2D eigenvalue weighted by atomic mass is 32.1. The van der Waals surface area contributed by atoms with E-state index in [0.29, 0.717) is 6.04 Å². The second kappa shape index (κ2) is 7.70. The van der Waals surface area contributed by atoms with E-state index in [1.807, 2.05) is 30.1 Å². The summed E-state index contributed by atoms with van der Waals surface area (Å²) in [4.78, 5) is 7.84. The average Bonchev–Trinajstić information content (AvgIpc) is 3.22. The van der Waals surface area contributed by atoms with Crippen molar-refractivity contribution in [1.82, 2.24) is 25.0 Å². The molecule has 3 aromatic rings. The van der Waals surface area contributed by atoms with E-state index < -0.39 is 0 Å². The Labute approximate surface area is 147 Å². The van der Waals surface area contributed by atoms with Crippen molar-refractivity contribution in [1.29, 1.82) is 0 Å². The molecule has 0 amide bonds. The van der Waals surface area contributed by atoms with Crippen molar-refractivity contribution in [3.8, 4) is 11.3 Å². The lowest BCUT2D eigenvalue weighted by Crippen LogP contribution is -2.30. The van der Waals surface area contributed by atoms with Crippen LogP contribution >= 0.6 is 11.3 Å². The van der Waals surface area contributed by atoms with Crippen LogP contribution < -0.4 is 5.32 Å².